The van der Waals surface area contributed by atoms with Gasteiger partial charge < -0.3 is 15.1 Å². The van der Waals surface area contributed by atoms with Gasteiger partial charge in [0, 0.05) is 44.1 Å². The van der Waals surface area contributed by atoms with Gasteiger partial charge in [0.25, 0.3) is 5.91 Å². The smallest absolute Gasteiger partial charge is 0.272 e. The van der Waals surface area contributed by atoms with E-state index in [4.69, 9.17) is 0 Å². The van der Waals surface area contributed by atoms with Gasteiger partial charge in [-0.1, -0.05) is 24.3 Å². The number of nitrogens with zero attached hydrogens (tertiary/aromatic N) is 5. The molecule has 1 amide bonds. The number of rotatable bonds is 4. The number of aryl methyl sites for hydroxylation is 2. The molecule has 3 aromatic rings. The second kappa shape index (κ2) is 8.26. The fourth-order valence-corrected chi connectivity index (χ4v) is 3.52. The Morgan fingerprint density at radius 1 is 0.931 bits per heavy atom. The standard InChI is InChI=1S/C22H24N6O/c1-16-6-5-7-17(2)21(16)26-19-14-18(24-15-25-19)22(29)28-12-10-27(11-13-28)20-8-3-4-9-23-20/h3-9,14-15H,10-13H2,1-2H3,(H,24,25,26). The molecule has 1 aliphatic rings. The highest BCUT2D eigenvalue weighted by atomic mass is 16.2. The highest BCUT2D eigenvalue weighted by Gasteiger charge is 2.24. The maximum atomic E-state index is 13.0. The molecule has 2 aromatic heterocycles. The molecular formula is C22H24N6O. The summed E-state index contributed by atoms with van der Waals surface area (Å²) < 4.78 is 0. The number of piperazine rings is 1. The number of amides is 1. The zero-order chi connectivity index (χ0) is 20.2. The van der Waals surface area contributed by atoms with Gasteiger partial charge in [0.05, 0.1) is 0 Å². The first-order valence-corrected chi connectivity index (χ1v) is 9.72. The Morgan fingerprint density at radius 2 is 1.69 bits per heavy atom. The molecule has 0 atom stereocenters. The lowest BCUT2D eigenvalue weighted by Crippen LogP contribution is -2.49. The maximum Gasteiger partial charge on any atom is 0.272 e. The molecule has 0 unspecified atom stereocenters. The molecule has 0 spiro atoms. The Kier molecular flexibility index (Phi) is 5.37. The van der Waals surface area contributed by atoms with E-state index in [-0.39, 0.29) is 5.91 Å². The highest BCUT2D eigenvalue weighted by Crippen LogP contribution is 2.23. The topological polar surface area (TPSA) is 74.2 Å². The summed E-state index contributed by atoms with van der Waals surface area (Å²) in [5.41, 5.74) is 3.66. The minimum Gasteiger partial charge on any atom is -0.353 e. The number of hydrogen-bond donors (Lipinski definition) is 1. The molecule has 1 N–H and O–H groups in total. The number of carbonyl (C=O) groups excluding carboxylic acids is 1. The summed E-state index contributed by atoms with van der Waals surface area (Å²) in [7, 11) is 0. The Hall–Kier alpha value is -3.48. The van der Waals surface area contributed by atoms with Gasteiger partial charge in [0.15, 0.2) is 0 Å². The highest BCUT2D eigenvalue weighted by molar-refractivity contribution is 5.93. The summed E-state index contributed by atoms with van der Waals surface area (Å²) in [6.45, 7) is 6.87. The average molecular weight is 388 g/mol. The molecule has 0 aliphatic carbocycles. The van der Waals surface area contributed by atoms with Gasteiger partial charge in [-0.2, -0.15) is 0 Å². The number of pyridine rings is 1. The Bertz CT molecular complexity index is 979. The lowest BCUT2D eigenvalue weighted by atomic mass is 10.1. The van der Waals surface area contributed by atoms with Crippen molar-refractivity contribution in [3.8, 4) is 0 Å². The number of hydrogen-bond acceptors (Lipinski definition) is 6. The van der Waals surface area contributed by atoms with E-state index < -0.39 is 0 Å². The summed E-state index contributed by atoms with van der Waals surface area (Å²) >= 11 is 0. The van der Waals surface area contributed by atoms with E-state index in [9.17, 15) is 4.79 Å². The first-order chi connectivity index (χ1) is 14.1. The van der Waals surface area contributed by atoms with Crippen LogP contribution in [0.5, 0.6) is 0 Å². The van der Waals surface area contributed by atoms with Gasteiger partial charge in [-0.25, -0.2) is 15.0 Å². The Balaban J connectivity index is 1.44. The Morgan fingerprint density at radius 3 is 2.38 bits per heavy atom. The molecule has 0 bridgehead atoms. The maximum absolute atomic E-state index is 13.0. The summed E-state index contributed by atoms with van der Waals surface area (Å²) in [6.07, 6.45) is 3.23. The molecule has 7 nitrogen and oxygen atoms in total. The Labute approximate surface area is 170 Å². The SMILES string of the molecule is Cc1cccc(C)c1Nc1cc(C(=O)N2CCN(c3ccccn3)CC2)ncn1. The number of aromatic nitrogens is 3. The zero-order valence-electron chi connectivity index (χ0n) is 16.7. The van der Waals surface area contributed by atoms with E-state index in [0.717, 1.165) is 35.7 Å². The quantitative estimate of drug-likeness (QED) is 0.740. The third-order valence-corrected chi connectivity index (χ3v) is 5.16. The van der Waals surface area contributed by atoms with Crippen molar-refractivity contribution >= 4 is 23.2 Å². The van der Waals surface area contributed by atoms with Crippen molar-refractivity contribution in [2.24, 2.45) is 0 Å². The van der Waals surface area contributed by atoms with Crippen LogP contribution >= 0.6 is 0 Å². The lowest BCUT2D eigenvalue weighted by molar-refractivity contribution is 0.0740. The molecule has 1 aliphatic heterocycles. The van der Waals surface area contributed by atoms with Crippen LogP contribution in [-0.4, -0.2) is 51.9 Å². The van der Waals surface area contributed by atoms with Crippen molar-refractivity contribution in [3.63, 3.8) is 0 Å². The molecule has 1 aromatic carbocycles. The molecule has 4 rings (SSSR count). The minimum atomic E-state index is -0.0716. The van der Waals surface area contributed by atoms with E-state index in [2.05, 4.69) is 25.2 Å². The molecule has 1 saturated heterocycles. The van der Waals surface area contributed by atoms with Gasteiger partial charge in [-0.15, -0.1) is 0 Å². The lowest BCUT2D eigenvalue weighted by Gasteiger charge is -2.35. The fourth-order valence-electron chi connectivity index (χ4n) is 3.52. The van der Waals surface area contributed by atoms with Gasteiger partial charge in [-0.05, 0) is 37.1 Å². The van der Waals surface area contributed by atoms with Crippen LogP contribution in [0.25, 0.3) is 0 Å². The monoisotopic (exact) mass is 388 g/mol. The molecule has 3 heterocycles. The largest absolute Gasteiger partial charge is 0.353 e. The summed E-state index contributed by atoms with van der Waals surface area (Å²) in [5, 5.41) is 3.33. The van der Waals surface area contributed by atoms with Crippen LogP contribution in [0.1, 0.15) is 21.6 Å². The van der Waals surface area contributed by atoms with Crippen molar-refractivity contribution in [2.75, 3.05) is 36.4 Å². The van der Waals surface area contributed by atoms with E-state index in [1.165, 1.54) is 6.33 Å². The van der Waals surface area contributed by atoms with Gasteiger partial charge in [-0.3, -0.25) is 4.79 Å². The van der Waals surface area contributed by atoms with E-state index in [1.807, 2.05) is 55.1 Å². The van der Waals surface area contributed by atoms with Crippen LogP contribution in [0.3, 0.4) is 0 Å². The molecule has 0 radical (unpaired) electrons. The van der Waals surface area contributed by atoms with Gasteiger partial charge in [0.1, 0.15) is 23.7 Å². The van der Waals surface area contributed by atoms with Crippen molar-refractivity contribution in [1.82, 2.24) is 19.9 Å². The predicted octanol–water partition coefficient (Wildman–Crippen LogP) is 3.19. The van der Waals surface area contributed by atoms with E-state index in [1.54, 1.807) is 12.3 Å². The summed E-state index contributed by atoms with van der Waals surface area (Å²) in [5.74, 6) is 1.49. The third-order valence-electron chi connectivity index (χ3n) is 5.16. The van der Waals surface area contributed by atoms with Crippen molar-refractivity contribution in [3.05, 3.63) is 71.8 Å². The van der Waals surface area contributed by atoms with Crippen molar-refractivity contribution in [1.29, 1.82) is 0 Å². The fraction of sp³-hybridized carbons (Fsp3) is 0.273. The van der Waals surface area contributed by atoms with Crippen LogP contribution in [0.2, 0.25) is 0 Å². The molecule has 0 saturated carbocycles. The molecule has 29 heavy (non-hydrogen) atoms. The molecule has 1 fully saturated rings. The second-order valence-electron chi connectivity index (χ2n) is 7.15. The average Bonchev–Trinajstić information content (AvgIpc) is 2.77. The normalized spacial score (nSPS) is 14.0. The first kappa shape index (κ1) is 18.9. The van der Waals surface area contributed by atoms with Crippen LogP contribution in [0.4, 0.5) is 17.3 Å². The third kappa shape index (κ3) is 4.18. The van der Waals surface area contributed by atoms with Crippen LogP contribution in [0.15, 0.2) is 55.0 Å². The number of nitrogens with one attached hydrogen (secondary N) is 1. The predicted molar refractivity (Wildman–Crippen MR) is 114 cm³/mol. The van der Waals surface area contributed by atoms with E-state index >= 15 is 0 Å². The molecule has 148 valence electrons. The molecule has 7 heteroatoms. The van der Waals surface area contributed by atoms with Crippen molar-refractivity contribution < 1.29 is 4.79 Å². The van der Waals surface area contributed by atoms with Crippen LogP contribution < -0.4 is 10.2 Å². The number of para-hydroxylation sites is 1. The summed E-state index contributed by atoms with van der Waals surface area (Å²) in [4.78, 5) is 29.9. The number of anilines is 3. The van der Waals surface area contributed by atoms with E-state index in [0.29, 0.717) is 24.6 Å². The number of carbonyl (C=O) groups is 1. The van der Waals surface area contributed by atoms with Crippen LogP contribution in [-0.2, 0) is 0 Å². The molecular weight excluding hydrogens is 364 g/mol. The van der Waals surface area contributed by atoms with Crippen LogP contribution in [0, 0.1) is 13.8 Å². The minimum absolute atomic E-state index is 0.0716. The van der Waals surface area contributed by atoms with Crippen molar-refractivity contribution in [2.45, 2.75) is 13.8 Å². The number of benzene rings is 1. The zero-order valence-corrected chi connectivity index (χ0v) is 16.7. The van der Waals surface area contributed by atoms with Gasteiger partial charge >= 0.3 is 0 Å². The van der Waals surface area contributed by atoms with Gasteiger partial charge in [0.2, 0.25) is 0 Å². The summed E-state index contributed by atoms with van der Waals surface area (Å²) in [6, 6.07) is 13.7. The first-order valence-electron chi connectivity index (χ1n) is 9.72. The second-order valence-corrected chi connectivity index (χ2v) is 7.15.